The van der Waals surface area contributed by atoms with Crippen LogP contribution in [0.25, 0.3) is 17.0 Å². The smallest absolute Gasteiger partial charge is 0.326 e. The van der Waals surface area contributed by atoms with Crippen LogP contribution in [0.1, 0.15) is 44.1 Å². The molecule has 0 unspecified atom stereocenters. The van der Waals surface area contributed by atoms with Gasteiger partial charge in [-0.2, -0.15) is 36.1 Å². The number of fused-ring (bicyclic) bond motifs is 3. The van der Waals surface area contributed by atoms with E-state index in [0.717, 1.165) is 17.7 Å². The minimum Gasteiger partial charge on any atom is -0.326 e. The average Bonchev–Trinajstić information content (AvgIpc) is 3.77. The molecule has 0 aliphatic carbocycles. The molecular weight excluding hydrogens is 746 g/mol. The number of tetrazole rings is 1. The standard InChI is InChI=1S/C34H23BrF6N8O2/c1-2-22-16-25-28(18-46(22)30(50)20-8-13-27(35)26(15-20)33(36,37)38)49-29(21(17-42-49)14-19-6-4-3-5-7-19)47(31(25)51)23-9-11-24(12-10-23)48-32(34(39,40)41)43-44-45-48/h2-13,15,17,22H,1,14,16,18H2/t22-/m1/s1. The number of carbonyl (C=O) groups excluding carboxylic acids is 1. The van der Waals surface area contributed by atoms with Crippen LogP contribution < -0.4 is 5.56 Å². The van der Waals surface area contributed by atoms with Gasteiger partial charge in [0.15, 0.2) is 0 Å². The third-order valence-electron chi connectivity index (χ3n) is 8.59. The van der Waals surface area contributed by atoms with Gasteiger partial charge in [0, 0.05) is 34.0 Å². The van der Waals surface area contributed by atoms with Crippen LogP contribution in [0.15, 0.2) is 101 Å². The zero-order chi connectivity index (χ0) is 36.2. The highest BCUT2D eigenvalue weighted by Crippen LogP contribution is 2.36. The largest absolute Gasteiger partial charge is 0.453 e. The van der Waals surface area contributed by atoms with Gasteiger partial charge in [-0.15, -0.1) is 11.7 Å². The van der Waals surface area contributed by atoms with Crippen molar-refractivity contribution < 1.29 is 31.1 Å². The third kappa shape index (κ3) is 6.11. The van der Waals surface area contributed by atoms with Gasteiger partial charge in [0.25, 0.3) is 17.3 Å². The number of hydrogen-bond donors (Lipinski definition) is 0. The van der Waals surface area contributed by atoms with Crippen LogP contribution in [0.4, 0.5) is 26.3 Å². The molecule has 1 aliphatic heterocycles. The second kappa shape index (κ2) is 12.6. The van der Waals surface area contributed by atoms with Gasteiger partial charge in [0.1, 0.15) is 5.65 Å². The van der Waals surface area contributed by atoms with E-state index < -0.39 is 41.2 Å². The van der Waals surface area contributed by atoms with Gasteiger partial charge < -0.3 is 4.90 Å². The van der Waals surface area contributed by atoms with E-state index in [1.165, 1.54) is 50.4 Å². The Kier molecular flexibility index (Phi) is 8.40. The summed E-state index contributed by atoms with van der Waals surface area (Å²) in [6, 6.07) is 17.4. The maximum atomic E-state index is 14.5. The van der Waals surface area contributed by atoms with Crippen molar-refractivity contribution in [1.82, 2.24) is 39.3 Å². The fourth-order valence-corrected chi connectivity index (χ4v) is 6.67. The number of carbonyl (C=O) groups is 1. The lowest BCUT2D eigenvalue weighted by molar-refractivity contribution is -0.146. The fraction of sp³-hybridized carbons (Fsp3) is 0.176. The normalized spacial score (nSPS) is 14.9. The monoisotopic (exact) mass is 768 g/mol. The zero-order valence-corrected chi connectivity index (χ0v) is 27.6. The Hall–Kier alpha value is -5.58. The van der Waals surface area contributed by atoms with E-state index >= 15 is 0 Å². The van der Waals surface area contributed by atoms with Gasteiger partial charge in [0.05, 0.1) is 41.4 Å². The van der Waals surface area contributed by atoms with Gasteiger partial charge in [-0.1, -0.05) is 52.3 Å². The van der Waals surface area contributed by atoms with E-state index in [4.69, 9.17) is 0 Å². The molecule has 260 valence electrons. The topological polar surface area (TPSA) is 103 Å². The molecule has 0 saturated carbocycles. The molecule has 0 N–H and O–H groups in total. The number of nitrogens with zero attached hydrogens (tertiary/aromatic N) is 8. The molecule has 10 nitrogen and oxygen atoms in total. The summed E-state index contributed by atoms with van der Waals surface area (Å²) in [7, 11) is 0. The van der Waals surface area contributed by atoms with Crippen molar-refractivity contribution in [3.63, 3.8) is 0 Å². The molecular formula is C34H23BrF6N8O2. The van der Waals surface area contributed by atoms with E-state index in [2.05, 4.69) is 43.1 Å². The van der Waals surface area contributed by atoms with Crippen molar-refractivity contribution in [2.45, 2.75) is 37.8 Å². The molecule has 3 aromatic heterocycles. The number of benzene rings is 3. The van der Waals surface area contributed by atoms with Crippen molar-refractivity contribution in [3.05, 3.63) is 146 Å². The Morgan fingerprint density at radius 3 is 2.33 bits per heavy atom. The Balaban J connectivity index is 1.37. The predicted octanol–water partition coefficient (Wildman–Crippen LogP) is 6.60. The van der Waals surface area contributed by atoms with Crippen LogP contribution in [-0.4, -0.2) is 51.2 Å². The molecule has 3 aromatic carbocycles. The van der Waals surface area contributed by atoms with E-state index in [-0.39, 0.29) is 34.3 Å². The van der Waals surface area contributed by atoms with Gasteiger partial charge >= 0.3 is 12.4 Å². The first-order valence-electron chi connectivity index (χ1n) is 15.2. The molecule has 4 heterocycles. The molecule has 51 heavy (non-hydrogen) atoms. The summed E-state index contributed by atoms with van der Waals surface area (Å²) in [5.41, 5.74) is 1.10. The number of halogens is 7. The van der Waals surface area contributed by atoms with Crippen molar-refractivity contribution in [1.29, 1.82) is 0 Å². The van der Waals surface area contributed by atoms with Crippen LogP contribution >= 0.6 is 15.9 Å². The minimum atomic E-state index is -4.82. The first-order valence-corrected chi connectivity index (χ1v) is 16.0. The molecule has 0 fully saturated rings. The van der Waals surface area contributed by atoms with Gasteiger partial charge in [0.2, 0.25) is 0 Å². The number of aromatic nitrogens is 7. The molecule has 6 aromatic rings. The predicted molar refractivity (Wildman–Crippen MR) is 174 cm³/mol. The van der Waals surface area contributed by atoms with Crippen LogP contribution in [0.2, 0.25) is 0 Å². The second-order valence-corrected chi connectivity index (χ2v) is 12.5. The molecule has 0 spiro atoms. The second-order valence-electron chi connectivity index (χ2n) is 11.7. The zero-order valence-electron chi connectivity index (χ0n) is 26.0. The highest BCUT2D eigenvalue weighted by Gasteiger charge is 2.39. The van der Waals surface area contributed by atoms with Crippen molar-refractivity contribution in [3.8, 4) is 11.4 Å². The number of amides is 1. The van der Waals surface area contributed by atoms with Crippen molar-refractivity contribution >= 4 is 27.5 Å². The lowest BCUT2D eigenvalue weighted by Crippen LogP contribution is -2.47. The lowest BCUT2D eigenvalue weighted by Gasteiger charge is -2.35. The lowest BCUT2D eigenvalue weighted by atomic mass is 9.96. The Bertz CT molecular complexity index is 2370. The van der Waals surface area contributed by atoms with Crippen molar-refractivity contribution in [2.24, 2.45) is 0 Å². The first-order chi connectivity index (χ1) is 24.3. The number of alkyl halides is 6. The van der Waals surface area contributed by atoms with E-state index in [0.29, 0.717) is 33.7 Å². The summed E-state index contributed by atoms with van der Waals surface area (Å²) in [5, 5.41) is 14.3. The highest BCUT2D eigenvalue weighted by molar-refractivity contribution is 9.10. The third-order valence-corrected chi connectivity index (χ3v) is 9.28. The number of rotatable bonds is 6. The molecule has 7 rings (SSSR count). The molecule has 1 aliphatic rings. The number of hydrogen-bond acceptors (Lipinski definition) is 6. The van der Waals surface area contributed by atoms with E-state index in [1.54, 1.807) is 6.20 Å². The van der Waals surface area contributed by atoms with Crippen LogP contribution in [0.5, 0.6) is 0 Å². The quantitative estimate of drug-likeness (QED) is 0.140. The van der Waals surface area contributed by atoms with Gasteiger partial charge in [-0.25, -0.2) is 4.52 Å². The fourth-order valence-electron chi connectivity index (χ4n) is 6.19. The van der Waals surface area contributed by atoms with Gasteiger partial charge in [-0.05, 0) is 58.5 Å². The van der Waals surface area contributed by atoms with Gasteiger partial charge in [-0.3, -0.25) is 14.2 Å². The van der Waals surface area contributed by atoms with Crippen molar-refractivity contribution in [2.75, 3.05) is 0 Å². The molecule has 17 heteroatoms. The summed E-state index contributed by atoms with van der Waals surface area (Å²) in [6.45, 7) is 3.64. The Labute approximate surface area is 292 Å². The van der Waals surface area contributed by atoms with Crippen LogP contribution in [0, 0.1) is 0 Å². The summed E-state index contributed by atoms with van der Waals surface area (Å²) in [6.07, 6.45) is -6.19. The van der Waals surface area contributed by atoms with Crippen LogP contribution in [-0.2, 0) is 31.7 Å². The molecule has 1 amide bonds. The van der Waals surface area contributed by atoms with E-state index in [9.17, 15) is 35.9 Å². The maximum absolute atomic E-state index is 14.5. The van der Waals surface area contributed by atoms with Crippen LogP contribution in [0.3, 0.4) is 0 Å². The summed E-state index contributed by atoms with van der Waals surface area (Å²) < 4.78 is 84.9. The molecule has 0 radical (unpaired) electrons. The maximum Gasteiger partial charge on any atom is 0.453 e. The van der Waals surface area contributed by atoms with E-state index in [1.807, 2.05) is 30.3 Å². The molecule has 0 saturated heterocycles. The average molecular weight is 770 g/mol. The first kappa shape index (κ1) is 33.9. The molecule has 0 bridgehead atoms. The Morgan fingerprint density at radius 1 is 0.961 bits per heavy atom. The highest BCUT2D eigenvalue weighted by atomic mass is 79.9. The summed E-state index contributed by atoms with van der Waals surface area (Å²) in [4.78, 5) is 29.7. The SMILES string of the molecule is C=C[C@@H]1Cc2c(n3ncc(Cc4ccccc4)c3n(-c3ccc(-n4nnnc4C(F)(F)F)cc3)c2=O)CN1C(=O)c1ccc(Br)c(C(F)(F)F)c1. The summed E-state index contributed by atoms with van der Waals surface area (Å²) in [5.74, 6) is -2.02. The summed E-state index contributed by atoms with van der Waals surface area (Å²) >= 11 is 2.91. The Morgan fingerprint density at radius 2 is 1.67 bits per heavy atom. The minimum absolute atomic E-state index is 0.00128. The molecule has 1 atom stereocenters.